The molecule has 2 aromatic rings. The minimum atomic E-state index is -1.23. The Bertz CT molecular complexity index is 1050. The van der Waals surface area contributed by atoms with Crippen LogP contribution in [-0.2, 0) is 4.79 Å². The van der Waals surface area contributed by atoms with Gasteiger partial charge in [0.05, 0.1) is 16.0 Å². The highest BCUT2D eigenvalue weighted by atomic mass is 32.2. The fourth-order valence-corrected chi connectivity index (χ4v) is 3.82. The number of aromatic nitrogens is 1. The van der Waals surface area contributed by atoms with E-state index in [0.29, 0.717) is 21.8 Å². The van der Waals surface area contributed by atoms with Crippen LogP contribution in [-0.4, -0.2) is 49.8 Å². The van der Waals surface area contributed by atoms with Gasteiger partial charge in [-0.25, -0.2) is 9.59 Å². The van der Waals surface area contributed by atoms with Gasteiger partial charge in [-0.05, 0) is 61.5 Å². The van der Waals surface area contributed by atoms with E-state index < -0.39 is 11.9 Å². The lowest BCUT2D eigenvalue weighted by atomic mass is 10.1. The maximum atomic E-state index is 12.1. The molecule has 0 atom stereocenters. The van der Waals surface area contributed by atoms with Crippen LogP contribution in [0.4, 0.5) is 4.79 Å². The van der Waals surface area contributed by atoms with Crippen molar-refractivity contribution in [3.05, 3.63) is 57.2 Å². The van der Waals surface area contributed by atoms with Gasteiger partial charge in [-0.15, -0.1) is 0 Å². The zero-order chi connectivity index (χ0) is 20.7. The number of nitrogens with zero attached hydrogens (tertiary/aromatic N) is 2. The van der Waals surface area contributed by atoms with Crippen molar-refractivity contribution in [3.8, 4) is 5.69 Å². The first kappa shape index (κ1) is 19.4. The summed E-state index contributed by atoms with van der Waals surface area (Å²) in [4.78, 5) is 47.9. The molecule has 2 N–H and O–H groups in total. The number of benzene rings is 1. The normalized spacial score (nSPS) is 15.5. The molecule has 1 fully saturated rings. The highest BCUT2D eigenvalue weighted by Crippen LogP contribution is 2.33. The number of hydrogen-bond donors (Lipinski definition) is 2. The van der Waals surface area contributed by atoms with Crippen molar-refractivity contribution in [3.63, 3.8) is 0 Å². The predicted molar refractivity (Wildman–Crippen MR) is 103 cm³/mol. The summed E-state index contributed by atoms with van der Waals surface area (Å²) >= 11 is 0.843. The average Bonchev–Trinajstić information content (AvgIpc) is 3.04. The Morgan fingerprint density at radius 1 is 1.00 bits per heavy atom. The summed E-state index contributed by atoms with van der Waals surface area (Å²) in [7, 11) is 1.41. The summed E-state index contributed by atoms with van der Waals surface area (Å²) in [6, 6.07) is 5.66. The van der Waals surface area contributed by atoms with Gasteiger partial charge in [0.25, 0.3) is 11.1 Å². The fourth-order valence-electron chi connectivity index (χ4n) is 3.01. The first-order valence-electron chi connectivity index (χ1n) is 8.12. The highest BCUT2D eigenvalue weighted by molar-refractivity contribution is 8.18. The summed E-state index contributed by atoms with van der Waals surface area (Å²) < 4.78 is 1.71. The van der Waals surface area contributed by atoms with E-state index in [9.17, 15) is 29.4 Å². The lowest BCUT2D eigenvalue weighted by molar-refractivity contribution is -0.121. The van der Waals surface area contributed by atoms with Crippen LogP contribution in [0.3, 0.4) is 0 Å². The van der Waals surface area contributed by atoms with Gasteiger partial charge in [-0.1, -0.05) is 0 Å². The molecule has 1 saturated heterocycles. The van der Waals surface area contributed by atoms with Crippen LogP contribution in [0.1, 0.15) is 37.7 Å². The number of carboxylic acids is 2. The molecule has 1 aromatic carbocycles. The van der Waals surface area contributed by atoms with Crippen molar-refractivity contribution in [2.45, 2.75) is 13.8 Å². The van der Waals surface area contributed by atoms with E-state index in [1.165, 1.54) is 19.2 Å². The summed E-state index contributed by atoms with van der Waals surface area (Å²) in [5.41, 5.74) is 2.18. The number of hydrogen-bond acceptors (Lipinski definition) is 5. The van der Waals surface area contributed by atoms with E-state index in [0.717, 1.165) is 28.4 Å². The summed E-state index contributed by atoms with van der Waals surface area (Å²) in [6.07, 6.45) is 1.60. The number of aryl methyl sites for hydroxylation is 1. The van der Waals surface area contributed by atoms with Crippen molar-refractivity contribution in [1.29, 1.82) is 0 Å². The average molecular weight is 400 g/mol. The molecule has 3 rings (SSSR count). The first-order chi connectivity index (χ1) is 13.1. The summed E-state index contributed by atoms with van der Waals surface area (Å²) in [6.45, 7) is 3.55. The van der Waals surface area contributed by atoms with Crippen molar-refractivity contribution in [2.75, 3.05) is 7.05 Å². The van der Waals surface area contributed by atoms with E-state index in [2.05, 4.69) is 0 Å². The van der Waals surface area contributed by atoms with E-state index in [1.54, 1.807) is 30.6 Å². The fraction of sp³-hybridized carbons (Fsp3) is 0.158. The highest BCUT2D eigenvalue weighted by Gasteiger charge is 2.32. The minimum Gasteiger partial charge on any atom is -0.478 e. The second-order valence-corrected chi connectivity index (χ2v) is 7.27. The van der Waals surface area contributed by atoms with Crippen LogP contribution in [0, 0.1) is 13.8 Å². The molecule has 1 aliphatic rings. The molecule has 0 radical (unpaired) electrons. The quantitative estimate of drug-likeness (QED) is 0.757. The third kappa shape index (κ3) is 3.31. The van der Waals surface area contributed by atoms with Gasteiger partial charge in [0.1, 0.15) is 0 Å². The Hall–Kier alpha value is -3.33. The number of rotatable bonds is 4. The van der Waals surface area contributed by atoms with E-state index >= 15 is 0 Å². The number of thioether (sulfide) groups is 1. The van der Waals surface area contributed by atoms with E-state index in [-0.39, 0.29) is 22.3 Å². The van der Waals surface area contributed by atoms with Crippen LogP contribution in [0.5, 0.6) is 0 Å². The third-order valence-electron chi connectivity index (χ3n) is 4.41. The van der Waals surface area contributed by atoms with E-state index in [1.807, 2.05) is 0 Å². The summed E-state index contributed by atoms with van der Waals surface area (Å²) in [5.74, 6) is -2.85. The molecular weight excluding hydrogens is 384 g/mol. The number of carboxylic acid groups (broad SMARTS) is 2. The van der Waals surface area contributed by atoms with Crippen LogP contribution >= 0.6 is 11.8 Å². The maximum absolute atomic E-state index is 12.1. The molecule has 8 nitrogen and oxygen atoms in total. The second-order valence-electron chi connectivity index (χ2n) is 6.28. The molecule has 28 heavy (non-hydrogen) atoms. The van der Waals surface area contributed by atoms with Gasteiger partial charge in [-0.2, -0.15) is 0 Å². The zero-order valence-corrected chi connectivity index (χ0v) is 16.0. The van der Waals surface area contributed by atoms with Crippen molar-refractivity contribution in [1.82, 2.24) is 9.47 Å². The SMILES string of the molecule is Cc1cc(C=C2SC(=O)N(C)C2=O)c(C)n1-c1cc(C(=O)O)cc(C(=O)O)c1. The van der Waals surface area contributed by atoms with Crippen molar-refractivity contribution in [2.24, 2.45) is 0 Å². The Kier molecular flexibility index (Phi) is 4.86. The van der Waals surface area contributed by atoms with Crippen LogP contribution in [0.15, 0.2) is 29.2 Å². The molecule has 2 amide bonds. The molecule has 144 valence electrons. The maximum Gasteiger partial charge on any atom is 0.335 e. The monoisotopic (exact) mass is 400 g/mol. The molecule has 2 heterocycles. The summed E-state index contributed by atoms with van der Waals surface area (Å²) in [5, 5.41) is 18.2. The third-order valence-corrected chi connectivity index (χ3v) is 5.37. The Morgan fingerprint density at radius 2 is 1.57 bits per heavy atom. The van der Waals surface area contributed by atoms with Gasteiger partial charge in [0.15, 0.2) is 0 Å². The van der Waals surface area contributed by atoms with Crippen LogP contribution in [0.25, 0.3) is 11.8 Å². The second kappa shape index (κ2) is 7.01. The Balaban J connectivity index is 2.13. The van der Waals surface area contributed by atoms with Gasteiger partial charge < -0.3 is 14.8 Å². The van der Waals surface area contributed by atoms with Crippen LogP contribution in [0.2, 0.25) is 0 Å². The molecule has 1 aliphatic heterocycles. The number of likely N-dealkylation sites (N-methyl/N-ethyl adjacent to an activating group) is 1. The molecular formula is C19H16N2O6S. The minimum absolute atomic E-state index is 0.143. The number of imide groups is 1. The molecule has 1 aromatic heterocycles. The zero-order valence-electron chi connectivity index (χ0n) is 15.2. The Labute approximate surface area is 164 Å². The lowest BCUT2D eigenvalue weighted by Gasteiger charge is -2.12. The molecule has 0 aliphatic carbocycles. The smallest absolute Gasteiger partial charge is 0.335 e. The standard InChI is InChI=1S/C19H16N2O6S/c1-9-4-11(8-15-16(22)20(3)19(27)28-15)10(2)21(9)14-6-12(17(23)24)5-13(7-14)18(25)26/h4-8H,1-3H3,(H,23,24)(H,25,26). The van der Waals surface area contributed by atoms with Crippen molar-refractivity contribution < 1.29 is 29.4 Å². The van der Waals surface area contributed by atoms with Gasteiger partial charge in [0, 0.05) is 24.1 Å². The predicted octanol–water partition coefficient (Wildman–Crippen LogP) is 3.16. The lowest BCUT2D eigenvalue weighted by Crippen LogP contribution is -2.22. The number of amides is 2. The Morgan fingerprint density at radius 3 is 2.04 bits per heavy atom. The number of carbonyl (C=O) groups excluding carboxylic acids is 2. The van der Waals surface area contributed by atoms with Gasteiger partial charge >= 0.3 is 11.9 Å². The molecule has 9 heteroatoms. The van der Waals surface area contributed by atoms with Gasteiger partial charge in [0.2, 0.25) is 0 Å². The topological polar surface area (TPSA) is 117 Å². The molecule has 0 unspecified atom stereocenters. The molecule has 0 bridgehead atoms. The van der Waals surface area contributed by atoms with Gasteiger partial charge in [-0.3, -0.25) is 14.5 Å². The largest absolute Gasteiger partial charge is 0.478 e. The molecule has 0 spiro atoms. The van der Waals surface area contributed by atoms with Crippen molar-refractivity contribution >= 4 is 40.9 Å². The number of aromatic carboxylic acids is 2. The first-order valence-corrected chi connectivity index (χ1v) is 8.94. The molecule has 0 saturated carbocycles. The van der Waals surface area contributed by atoms with E-state index in [4.69, 9.17) is 0 Å². The van der Waals surface area contributed by atoms with Crippen LogP contribution < -0.4 is 0 Å². The number of carbonyl (C=O) groups is 4.